The van der Waals surface area contributed by atoms with Crippen molar-refractivity contribution in [1.82, 2.24) is 24.8 Å². The van der Waals surface area contributed by atoms with Gasteiger partial charge < -0.3 is 21.1 Å². The second kappa shape index (κ2) is 8.73. The third-order valence-corrected chi connectivity index (χ3v) is 5.05. The van der Waals surface area contributed by atoms with E-state index >= 15 is 0 Å². The van der Waals surface area contributed by atoms with Crippen LogP contribution in [-0.2, 0) is 6.54 Å². The first kappa shape index (κ1) is 21.4. The van der Waals surface area contributed by atoms with Crippen LogP contribution in [0, 0.1) is 0 Å². The summed E-state index contributed by atoms with van der Waals surface area (Å²) < 4.78 is 1.37. The molecule has 1 amide bonds. The van der Waals surface area contributed by atoms with E-state index in [1.165, 1.54) is 4.52 Å². The fourth-order valence-electron chi connectivity index (χ4n) is 3.38. The topological polar surface area (TPSA) is 152 Å². The van der Waals surface area contributed by atoms with Crippen molar-refractivity contribution in [2.24, 2.45) is 5.73 Å². The zero-order valence-electron chi connectivity index (χ0n) is 17.6. The van der Waals surface area contributed by atoms with Gasteiger partial charge in [-0.2, -0.15) is 0 Å². The maximum atomic E-state index is 11.7. The molecule has 0 saturated carbocycles. The van der Waals surface area contributed by atoms with E-state index in [0.29, 0.717) is 34.9 Å². The number of rotatable bonds is 7. The number of aromatic nitrogens is 5. The van der Waals surface area contributed by atoms with Crippen LogP contribution in [0.25, 0.3) is 17.0 Å². The average molecular weight is 431 g/mol. The Kier molecular flexibility index (Phi) is 5.84. The van der Waals surface area contributed by atoms with E-state index in [0.717, 1.165) is 11.1 Å². The Bertz CT molecular complexity index is 1290. The van der Waals surface area contributed by atoms with E-state index in [9.17, 15) is 14.8 Å². The molecule has 0 unspecified atom stereocenters. The van der Waals surface area contributed by atoms with Crippen molar-refractivity contribution in [3.05, 3.63) is 65.5 Å². The van der Waals surface area contributed by atoms with Crippen LogP contribution in [0.3, 0.4) is 0 Å². The minimum absolute atomic E-state index is 0.162. The number of amides is 1. The first-order chi connectivity index (χ1) is 15.3. The summed E-state index contributed by atoms with van der Waals surface area (Å²) in [7, 11) is -1.53. The van der Waals surface area contributed by atoms with Crippen LogP contribution in [0.5, 0.6) is 0 Å². The summed E-state index contributed by atoms with van der Waals surface area (Å²) in [6, 6.07) is 12.0. The number of carbonyl (C=O) groups is 1. The van der Waals surface area contributed by atoms with Gasteiger partial charge in [-0.3, -0.25) is 4.79 Å². The van der Waals surface area contributed by atoms with Crippen LogP contribution in [-0.4, -0.2) is 47.9 Å². The SMILES string of the molecule is CC(C)c1cnc(-c2nnn3c(C(N)=O)cccc23)nc1NCc1cccc(B(O)O)c1. The smallest absolute Gasteiger partial charge is 0.423 e. The van der Waals surface area contributed by atoms with E-state index in [1.807, 2.05) is 19.9 Å². The van der Waals surface area contributed by atoms with Gasteiger partial charge in [-0.1, -0.05) is 49.4 Å². The molecule has 1 aromatic carbocycles. The summed E-state index contributed by atoms with van der Waals surface area (Å²) in [6.07, 6.45) is 1.74. The molecular weight excluding hydrogens is 409 g/mol. The maximum absolute atomic E-state index is 11.7. The van der Waals surface area contributed by atoms with Gasteiger partial charge in [-0.15, -0.1) is 5.10 Å². The molecule has 11 heteroatoms. The van der Waals surface area contributed by atoms with Gasteiger partial charge in [0.15, 0.2) is 11.5 Å². The van der Waals surface area contributed by atoms with Crippen molar-refractivity contribution in [2.45, 2.75) is 26.3 Å². The summed E-state index contributed by atoms with van der Waals surface area (Å²) in [4.78, 5) is 20.8. The van der Waals surface area contributed by atoms with Crippen molar-refractivity contribution in [3.8, 4) is 11.5 Å². The Morgan fingerprint density at radius 3 is 2.72 bits per heavy atom. The molecule has 0 saturated heterocycles. The van der Waals surface area contributed by atoms with Crippen LogP contribution in [0.2, 0.25) is 0 Å². The lowest BCUT2D eigenvalue weighted by molar-refractivity contribution is 0.0993. The van der Waals surface area contributed by atoms with E-state index in [4.69, 9.17) is 5.73 Å². The quantitative estimate of drug-likeness (QED) is 0.312. The number of anilines is 1. The predicted molar refractivity (Wildman–Crippen MR) is 120 cm³/mol. The molecule has 0 spiro atoms. The highest BCUT2D eigenvalue weighted by atomic mass is 16.4. The van der Waals surface area contributed by atoms with Gasteiger partial charge in [0.05, 0.1) is 5.52 Å². The monoisotopic (exact) mass is 431 g/mol. The van der Waals surface area contributed by atoms with Crippen LogP contribution >= 0.6 is 0 Å². The maximum Gasteiger partial charge on any atom is 0.488 e. The van der Waals surface area contributed by atoms with Crippen molar-refractivity contribution in [3.63, 3.8) is 0 Å². The van der Waals surface area contributed by atoms with Crippen molar-refractivity contribution in [1.29, 1.82) is 0 Å². The van der Waals surface area contributed by atoms with Crippen molar-refractivity contribution < 1.29 is 14.8 Å². The summed E-state index contributed by atoms with van der Waals surface area (Å²) in [5, 5.41) is 30.3. The first-order valence-electron chi connectivity index (χ1n) is 10.1. The number of hydrogen-bond acceptors (Lipinski definition) is 8. The average Bonchev–Trinajstić information content (AvgIpc) is 3.21. The summed E-state index contributed by atoms with van der Waals surface area (Å²) in [5.41, 5.74) is 8.83. The van der Waals surface area contributed by atoms with Crippen LogP contribution < -0.4 is 16.5 Å². The molecule has 0 atom stereocenters. The van der Waals surface area contributed by atoms with E-state index < -0.39 is 13.0 Å². The fraction of sp³-hybridized carbons (Fsp3) is 0.190. The number of hydrogen-bond donors (Lipinski definition) is 4. The van der Waals surface area contributed by atoms with Gasteiger partial charge in [0.25, 0.3) is 5.91 Å². The van der Waals surface area contributed by atoms with Gasteiger partial charge in [0.1, 0.15) is 11.5 Å². The molecule has 3 heterocycles. The van der Waals surface area contributed by atoms with E-state index in [-0.39, 0.29) is 11.6 Å². The normalized spacial score (nSPS) is 11.2. The number of primary amides is 1. The molecular formula is C21H22BN7O3. The molecule has 0 aliphatic carbocycles. The number of pyridine rings is 1. The highest BCUT2D eigenvalue weighted by Gasteiger charge is 2.18. The third kappa shape index (κ3) is 4.16. The molecule has 3 aromatic heterocycles. The summed E-state index contributed by atoms with van der Waals surface area (Å²) in [5.74, 6) is 0.538. The Hall–Kier alpha value is -3.83. The van der Waals surface area contributed by atoms with Crippen molar-refractivity contribution in [2.75, 3.05) is 5.32 Å². The zero-order valence-corrected chi connectivity index (χ0v) is 17.6. The van der Waals surface area contributed by atoms with Crippen LogP contribution in [0.4, 0.5) is 5.82 Å². The highest BCUT2D eigenvalue weighted by molar-refractivity contribution is 6.58. The molecule has 0 aliphatic heterocycles. The van der Waals surface area contributed by atoms with Gasteiger partial charge >= 0.3 is 7.12 Å². The molecule has 0 radical (unpaired) electrons. The highest BCUT2D eigenvalue weighted by Crippen LogP contribution is 2.26. The van der Waals surface area contributed by atoms with Gasteiger partial charge in [-0.05, 0) is 29.1 Å². The Morgan fingerprint density at radius 2 is 2.00 bits per heavy atom. The minimum Gasteiger partial charge on any atom is -0.423 e. The summed E-state index contributed by atoms with van der Waals surface area (Å²) in [6.45, 7) is 4.50. The van der Waals surface area contributed by atoms with Crippen LogP contribution in [0.1, 0.15) is 41.4 Å². The molecule has 4 aromatic rings. The molecule has 10 nitrogen and oxygen atoms in total. The number of carbonyl (C=O) groups excluding carboxylic acids is 1. The summed E-state index contributed by atoms with van der Waals surface area (Å²) >= 11 is 0. The number of nitrogens with zero attached hydrogens (tertiary/aromatic N) is 5. The van der Waals surface area contributed by atoms with Gasteiger partial charge in [0, 0.05) is 18.3 Å². The lowest BCUT2D eigenvalue weighted by Crippen LogP contribution is -2.30. The molecule has 162 valence electrons. The molecule has 0 fully saturated rings. The van der Waals surface area contributed by atoms with E-state index in [1.54, 1.807) is 42.6 Å². The number of nitrogens with one attached hydrogen (secondary N) is 1. The largest absolute Gasteiger partial charge is 0.488 e. The van der Waals surface area contributed by atoms with Crippen LogP contribution in [0.15, 0.2) is 48.7 Å². The van der Waals surface area contributed by atoms with Crippen molar-refractivity contribution >= 4 is 29.8 Å². The molecule has 5 N–H and O–H groups in total. The standard InChI is InChI=1S/C21H22BN7O3/c1-12(2)15-11-25-21(18-16-7-4-8-17(19(23)30)29(16)28-27-18)26-20(15)24-10-13-5-3-6-14(9-13)22(31)32/h3-9,11-12,31-32H,10H2,1-2H3,(H2,23,30)(H,24,25,26). The second-order valence-electron chi connectivity index (χ2n) is 7.63. The minimum atomic E-state index is -1.53. The Balaban J connectivity index is 1.70. The predicted octanol–water partition coefficient (Wildman–Crippen LogP) is 0.701. The molecule has 4 rings (SSSR count). The fourth-order valence-corrected chi connectivity index (χ4v) is 3.38. The van der Waals surface area contributed by atoms with E-state index in [2.05, 4.69) is 25.6 Å². The second-order valence-corrected chi connectivity index (χ2v) is 7.63. The lowest BCUT2D eigenvalue weighted by Gasteiger charge is -2.14. The lowest BCUT2D eigenvalue weighted by atomic mass is 9.79. The first-order valence-corrected chi connectivity index (χ1v) is 10.1. The van der Waals surface area contributed by atoms with Gasteiger partial charge in [-0.25, -0.2) is 14.5 Å². The molecule has 32 heavy (non-hydrogen) atoms. The van der Waals surface area contributed by atoms with Gasteiger partial charge in [0.2, 0.25) is 0 Å². The third-order valence-electron chi connectivity index (χ3n) is 5.05. The number of benzene rings is 1. The zero-order chi connectivity index (χ0) is 22.8. The Labute approximate surface area is 184 Å². The molecule has 0 bridgehead atoms. The number of nitrogens with two attached hydrogens (primary N) is 1. The number of fused-ring (bicyclic) bond motifs is 1. The molecule has 0 aliphatic rings. The Morgan fingerprint density at radius 1 is 1.22 bits per heavy atom.